The fraction of sp³-hybridized carbons (Fsp3) is 0.429. The van der Waals surface area contributed by atoms with Crippen LogP contribution in [0.2, 0.25) is 0 Å². The number of amides is 1. The zero-order valence-corrected chi connectivity index (χ0v) is 11.1. The number of hydrogen-bond acceptors (Lipinski definition) is 3. The first kappa shape index (κ1) is 14.3. The summed E-state index contributed by atoms with van der Waals surface area (Å²) in [5, 5.41) is 8.76. The Labute approximate surface area is 116 Å². The smallest absolute Gasteiger partial charge is 0.303 e. The van der Waals surface area contributed by atoms with Crippen LogP contribution in [0.25, 0.3) is 0 Å². The number of methoxy groups -OCH3 is 1. The summed E-state index contributed by atoms with van der Waals surface area (Å²) < 4.78 is 18.8. The van der Waals surface area contributed by atoms with Gasteiger partial charge < -0.3 is 14.7 Å². The molecule has 0 spiro atoms. The maximum atomic E-state index is 13.8. The molecule has 1 aromatic carbocycles. The van der Waals surface area contributed by atoms with Gasteiger partial charge in [-0.2, -0.15) is 0 Å². The van der Waals surface area contributed by atoms with Crippen LogP contribution in [-0.4, -0.2) is 42.1 Å². The molecule has 0 aromatic heterocycles. The number of likely N-dealkylation sites (tertiary alicyclic amines) is 1. The minimum atomic E-state index is -0.882. The van der Waals surface area contributed by atoms with Crippen LogP contribution in [0, 0.1) is 11.7 Å². The number of carbonyl (C=O) groups is 2. The van der Waals surface area contributed by atoms with Crippen molar-refractivity contribution in [3.05, 3.63) is 29.6 Å². The van der Waals surface area contributed by atoms with Crippen LogP contribution in [0.4, 0.5) is 4.39 Å². The van der Waals surface area contributed by atoms with E-state index < -0.39 is 17.7 Å². The molecule has 1 atom stereocenters. The standard InChI is InChI=1S/C14H16FNO4/c1-20-11-4-2-3-10(15)13(11)14(19)16-6-5-9(8-16)7-12(17)18/h2-4,9H,5-8H2,1H3,(H,17,18). The number of ether oxygens (including phenoxy) is 1. The van der Waals surface area contributed by atoms with E-state index in [1.807, 2.05) is 0 Å². The fourth-order valence-electron chi connectivity index (χ4n) is 2.47. The van der Waals surface area contributed by atoms with Gasteiger partial charge in [0.05, 0.1) is 7.11 Å². The molecule has 0 bridgehead atoms. The van der Waals surface area contributed by atoms with Crippen LogP contribution < -0.4 is 4.74 Å². The number of rotatable bonds is 4. The van der Waals surface area contributed by atoms with Gasteiger partial charge in [0.2, 0.25) is 0 Å². The Hall–Kier alpha value is -2.11. The van der Waals surface area contributed by atoms with Gasteiger partial charge >= 0.3 is 5.97 Å². The van der Waals surface area contributed by atoms with Crippen LogP contribution in [0.3, 0.4) is 0 Å². The Morgan fingerprint density at radius 2 is 2.25 bits per heavy atom. The third-order valence-corrected chi connectivity index (χ3v) is 3.45. The molecule has 1 unspecified atom stereocenters. The molecular weight excluding hydrogens is 265 g/mol. The molecule has 1 fully saturated rings. The number of aliphatic carboxylic acids is 1. The summed E-state index contributed by atoms with van der Waals surface area (Å²) >= 11 is 0. The maximum absolute atomic E-state index is 13.8. The summed E-state index contributed by atoms with van der Waals surface area (Å²) in [5.41, 5.74) is -0.0917. The zero-order chi connectivity index (χ0) is 14.7. The summed E-state index contributed by atoms with van der Waals surface area (Å²) in [5.74, 6) is -1.84. The van der Waals surface area contributed by atoms with Crippen molar-refractivity contribution in [1.82, 2.24) is 4.90 Å². The van der Waals surface area contributed by atoms with Crippen molar-refractivity contribution in [3.8, 4) is 5.75 Å². The molecule has 20 heavy (non-hydrogen) atoms. The van der Waals surface area contributed by atoms with Crippen molar-refractivity contribution >= 4 is 11.9 Å². The molecule has 1 aliphatic rings. The topological polar surface area (TPSA) is 66.8 Å². The summed E-state index contributed by atoms with van der Waals surface area (Å²) in [7, 11) is 1.38. The number of hydrogen-bond donors (Lipinski definition) is 1. The van der Waals surface area contributed by atoms with E-state index in [0.717, 1.165) is 0 Å². The van der Waals surface area contributed by atoms with Crippen molar-refractivity contribution in [1.29, 1.82) is 0 Å². The molecule has 1 aromatic rings. The lowest BCUT2D eigenvalue weighted by atomic mass is 10.1. The minimum absolute atomic E-state index is 0.0260. The van der Waals surface area contributed by atoms with Crippen LogP contribution in [0.1, 0.15) is 23.2 Å². The molecule has 1 saturated heterocycles. The van der Waals surface area contributed by atoms with Gasteiger partial charge in [0, 0.05) is 19.5 Å². The van der Waals surface area contributed by atoms with Gasteiger partial charge in [-0.05, 0) is 24.5 Å². The second-order valence-electron chi connectivity index (χ2n) is 4.82. The second-order valence-corrected chi connectivity index (χ2v) is 4.82. The third-order valence-electron chi connectivity index (χ3n) is 3.45. The normalized spacial score (nSPS) is 18.1. The maximum Gasteiger partial charge on any atom is 0.303 e. The highest BCUT2D eigenvalue weighted by Gasteiger charge is 2.31. The molecule has 0 radical (unpaired) electrons. The first-order chi connectivity index (χ1) is 9.52. The minimum Gasteiger partial charge on any atom is -0.496 e. The Morgan fingerprint density at radius 1 is 1.50 bits per heavy atom. The molecule has 108 valence electrons. The highest BCUT2D eigenvalue weighted by Crippen LogP contribution is 2.27. The molecule has 1 aliphatic heterocycles. The first-order valence-electron chi connectivity index (χ1n) is 6.36. The quantitative estimate of drug-likeness (QED) is 0.913. The fourth-order valence-corrected chi connectivity index (χ4v) is 2.47. The predicted molar refractivity (Wildman–Crippen MR) is 69.2 cm³/mol. The van der Waals surface area contributed by atoms with Crippen molar-refractivity contribution in [2.45, 2.75) is 12.8 Å². The van der Waals surface area contributed by atoms with Crippen LogP contribution in [0.5, 0.6) is 5.75 Å². The summed E-state index contributed by atoms with van der Waals surface area (Å²) in [4.78, 5) is 24.5. The largest absolute Gasteiger partial charge is 0.496 e. The lowest BCUT2D eigenvalue weighted by Crippen LogP contribution is -2.30. The summed E-state index contributed by atoms with van der Waals surface area (Å²) in [6.07, 6.45) is 0.646. The molecule has 6 heteroatoms. The van der Waals surface area contributed by atoms with Crippen molar-refractivity contribution in [2.24, 2.45) is 5.92 Å². The van der Waals surface area contributed by atoms with E-state index in [0.29, 0.717) is 19.5 Å². The molecule has 2 rings (SSSR count). The number of benzene rings is 1. The summed E-state index contributed by atoms with van der Waals surface area (Å²) in [6.45, 7) is 0.775. The van der Waals surface area contributed by atoms with Gasteiger partial charge in [0.25, 0.3) is 5.91 Å². The Bertz CT molecular complexity index is 532. The van der Waals surface area contributed by atoms with E-state index >= 15 is 0 Å². The second kappa shape index (κ2) is 5.90. The molecule has 0 aliphatic carbocycles. The predicted octanol–water partition coefficient (Wildman–Crippen LogP) is 1.77. The van der Waals surface area contributed by atoms with Crippen LogP contribution in [0.15, 0.2) is 18.2 Å². The van der Waals surface area contributed by atoms with Gasteiger partial charge in [0.15, 0.2) is 0 Å². The van der Waals surface area contributed by atoms with Crippen molar-refractivity contribution < 1.29 is 23.8 Å². The van der Waals surface area contributed by atoms with Crippen molar-refractivity contribution in [3.63, 3.8) is 0 Å². The van der Waals surface area contributed by atoms with E-state index in [2.05, 4.69) is 0 Å². The first-order valence-corrected chi connectivity index (χ1v) is 6.36. The lowest BCUT2D eigenvalue weighted by molar-refractivity contribution is -0.138. The Morgan fingerprint density at radius 3 is 2.90 bits per heavy atom. The average molecular weight is 281 g/mol. The summed E-state index contributed by atoms with van der Waals surface area (Å²) in [6, 6.07) is 4.21. The van der Waals surface area contributed by atoms with Crippen LogP contribution in [-0.2, 0) is 4.79 Å². The van der Waals surface area contributed by atoms with Gasteiger partial charge in [-0.3, -0.25) is 9.59 Å². The van der Waals surface area contributed by atoms with E-state index in [1.165, 1.54) is 30.2 Å². The van der Waals surface area contributed by atoms with Gasteiger partial charge in [-0.15, -0.1) is 0 Å². The van der Waals surface area contributed by atoms with E-state index in [1.54, 1.807) is 0 Å². The van der Waals surface area contributed by atoms with E-state index in [4.69, 9.17) is 9.84 Å². The highest BCUT2D eigenvalue weighted by molar-refractivity contribution is 5.97. The molecule has 1 heterocycles. The Kier molecular flexibility index (Phi) is 4.22. The van der Waals surface area contributed by atoms with E-state index in [9.17, 15) is 14.0 Å². The Balaban J connectivity index is 2.15. The number of halogens is 1. The number of carboxylic acids is 1. The monoisotopic (exact) mass is 281 g/mol. The van der Waals surface area contributed by atoms with E-state index in [-0.39, 0.29) is 23.7 Å². The molecule has 5 nitrogen and oxygen atoms in total. The average Bonchev–Trinajstić information content (AvgIpc) is 2.85. The highest BCUT2D eigenvalue weighted by atomic mass is 19.1. The molecular formula is C14H16FNO4. The zero-order valence-electron chi connectivity index (χ0n) is 11.1. The third kappa shape index (κ3) is 2.89. The number of carboxylic acid groups (broad SMARTS) is 1. The number of nitrogens with zero attached hydrogens (tertiary/aromatic N) is 1. The van der Waals surface area contributed by atoms with Gasteiger partial charge in [-0.1, -0.05) is 6.07 Å². The molecule has 0 saturated carbocycles. The SMILES string of the molecule is COc1cccc(F)c1C(=O)N1CCC(CC(=O)O)C1. The molecule has 1 amide bonds. The van der Waals surface area contributed by atoms with Crippen molar-refractivity contribution in [2.75, 3.05) is 20.2 Å². The number of carbonyl (C=O) groups excluding carboxylic acids is 1. The van der Waals surface area contributed by atoms with Gasteiger partial charge in [0.1, 0.15) is 17.1 Å². The molecule has 1 N–H and O–H groups in total. The lowest BCUT2D eigenvalue weighted by Gasteiger charge is -2.18. The van der Waals surface area contributed by atoms with Gasteiger partial charge in [-0.25, -0.2) is 4.39 Å². The van der Waals surface area contributed by atoms with Crippen LogP contribution >= 0.6 is 0 Å².